The monoisotopic (exact) mass is 299 g/mol. The maximum absolute atomic E-state index is 11.5. The van der Waals surface area contributed by atoms with Crippen LogP contribution >= 0.6 is 27.7 Å². The number of carbonyl (C=O) groups excluding carboxylic acids is 1. The van der Waals surface area contributed by atoms with E-state index in [1.54, 1.807) is 17.8 Å². The van der Waals surface area contributed by atoms with Crippen LogP contribution in [0.3, 0.4) is 0 Å². The van der Waals surface area contributed by atoms with E-state index in [-0.39, 0.29) is 5.91 Å². The number of hydrogen-bond donors (Lipinski definition) is 1. The third-order valence-corrected chi connectivity index (χ3v) is 3.46. The fourth-order valence-corrected chi connectivity index (χ4v) is 2.28. The van der Waals surface area contributed by atoms with Crippen LogP contribution in [0.2, 0.25) is 0 Å². The van der Waals surface area contributed by atoms with E-state index in [1.807, 2.05) is 25.1 Å². The van der Waals surface area contributed by atoms with Crippen molar-refractivity contribution in [2.45, 2.75) is 6.92 Å². The summed E-state index contributed by atoms with van der Waals surface area (Å²) in [7, 11) is 0. The number of hydrogen-bond acceptors (Lipinski definition) is 2. The topological polar surface area (TPSA) is 29.1 Å². The Hall–Kier alpha value is -0.740. The summed E-state index contributed by atoms with van der Waals surface area (Å²) in [5, 5.41) is 2.86. The molecule has 0 aromatic heterocycles. The van der Waals surface area contributed by atoms with Crippen molar-refractivity contribution in [3.63, 3.8) is 0 Å². The quantitative estimate of drug-likeness (QED) is 0.665. The number of nitrogens with one attached hydrogen (secondary N) is 1. The van der Waals surface area contributed by atoms with Gasteiger partial charge in [-0.25, -0.2) is 0 Å². The van der Waals surface area contributed by atoms with Crippen molar-refractivity contribution < 1.29 is 4.79 Å². The maximum atomic E-state index is 11.5. The lowest BCUT2D eigenvalue weighted by Gasteiger charge is -2.07. The SMILES string of the molecule is C=CCSCC(=O)Nc1ccc(C)cc1Br. The van der Waals surface area contributed by atoms with Crippen LogP contribution in [0.15, 0.2) is 35.3 Å². The number of rotatable bonds is 5. The summed E-state index contributed by atoms with van der Waals surface area (Å²) in [4.78, 5) is 11.5. The first-order valence-electron chi connectivity index (χ1n) is 4.88. The molecule has 1 aromatic carbocycles. The predicted octanol–water partition coefficient (Wildman–Crippen LogP) is 3.62. The van der Waals surface area contributed by atoms with Gasteiger partial charge >= 0.3 is 0 Å². The number of amides is 1. The zero-order valence-electron chi connectivity index (χ0n) is 9.13. The molecule has 86 valence electrons. The summed E-state index contributed by atoms with van der Waals surface area (Å²) >= 11 is 4.96. The molecule has 0 aliphatic carbocycles. The number of benzene rings is 1. The molecule has 0 spiro atoms. The second-order valence-electron chi connectivity index (χ2n) is 3.34. The molecule has 4 heteroatoms. The fraction of sp³-hybridized carbons (Fsp3) is 0.250. The van der Waals surface area contributed by atoms with Gasteiger partial charge in [0.05, 0.1) is 11.4 Å². The Morgan fingerprint density at radius 3 is 3.00 bits per heavy atom. The second kappa shape index (κ2) is 6.76. The minimum Gasteiger partial charge on any atom is -0.324 e. The molecule has 16 heavy (non-hydrogen) atoms. The number of aryl methyl sites for hydroxylation is 1. The molecule has 2 nitrogen and oxygen atoms in total. The average Bonchev–Trinajstić information content (AvgIpc) is 2.23. The van der Waals surface area contributed by atoms with Crippen LogP contribution in [0.5, 0.6) is 0 Å². The third-order valence-electron chi connectivity index (χ3n) is 1.87. The number of anilines is 1. The van der Waals surface area contributed by atoms with Crippen LogP contribution in [-0.2, 0) is 4.79 Å². The highest BCUT2D eigenvalue weighted by Crippen LogP contribution is 2.23. The lowest BCUT2D eigenvalue weighted by Crippen LogP contribution is -2.14. The normalized spacial score (nSPS) is 9.88. The molecule has 0 atom stereocenters. The summed E-state index contributed by atoms with van der Waals surface area (Å²) in [6.45, 7) is 5.62. The number of halogens is 1. The highest BCUT2D eigenvalue weighted by Gasteiger charge is 2.05. The third kappa shape index (κ3) is 4.41. The van der Waals surface area contributed by atoms with Crippen molar-refractivity contribution in [1.29, 1.82) is 0 Å². The van der Waals surface area contributed by atoms with Gasteiger partial charge in [0.2, 0.25) is 5.91 Å². The summed E-state index contributed by atoms with van der Waals surface area (Å²) < 4.78 is 0.912. The van der Waals surface area contributed by atoms with Crippen molar-refractivity contribution >= 4 is 39.3 Å². The molecule has 0 radical (unpaired) electrons. The van der Waals surface area contributed by atoms with E-state index in [2.05, 4.69) is 27.8 Å². The summed E-state index contributed by atoms with van der Waals surface area (Å²) in [5.41, 5.74) is 1.97. The molecule has 1 aromatic rings. The van der Waals surface area contributed by atoms with Crippen LogP contribution < -0.4 is 5.32 Å². The van der Waals surface area contributed by atoms with E-state index in [0.29, 0.717) is 5.75 Å². The van der Waals surface area contributed by atoms with Gasteiger partial charge in [0.1, 0.15) is 0 Å². The van der Waals surface area contributed by atoms with Gasteiger partial charge in [0.25, 0.3) is 0 Å². The van der Waals surface area contributed by atoms with E-state index >= 15 is 0 Å². The Balaban J connectivity index is 2.52. The first-order valence-corrected chi connectivity index (χ1v) is 6.83. The van der Waals surface area contributed by atoms with Gasteiger partial charge in [0.15, 0.2) is 0 Å². The molecule has 1 N–H and O–H groups in total. The molecule has 0 heterocycles. The van der Waals surface area contributed by atoms with E-state index in [9.17, 15) is 4.79 Å². The molecule has 0 saturated carbocycles. The zero-order chi connectivity index (χ0) is 12.0. The molecular formula is C12H14BrNOS. The molecule has 0 unspecified atom stereocenters. The molecule has 0 saturated heterocycles. The van der Waals surface area contributed by atoms with Crippen molar-refractivity contribution in [2.75, 3.05) is 16.8 Å². The maximum Gasteiger partial charge on any atom is 0.234 e. The predicted molar refractivity (Wildman–Crippen MR) is 75.0 cm³/mol. The first-order chi connectivity index (χ1) is 7.63. The molecular weight excluding hydrogens is 286 g/mol. The Kier molecular flexibility index (Phi) is 5.63. The summed E-state index contributed by atoms with van der Waals surface area (Å²) in [6.07, 6.45) is 1.79. The number of thioether (sulfide) groups is 1. The summed E-state index contributed by atoms with van der Waals surface area (Å²) in [5.74, 6) is 1.26. The van der Waals surface area contributed by atoms with E-state index in [0.717, 1.165) is 21.5 Å². The molecule has 1 rings (SSSR count). The van der Waals surface area contributed by atoms with Crippen molar-refractivity contribution in [3.05, 3.63) is 40.9 Å². The van der Waals surface area contributed by atoms with Gasteiger partial charge < -0.3 is 5.32 Å². The van der Waals surface area contributed by atoms with Crippen LogP contribution in [0.25, 0.3) is 0 Å². The Morgan fingerprint density at radius 1 is 1.62 bits per heavy atom. The van der Waals surface area contributed by atoms with Gasteiger partial charge in [-0.05, 0) is 40.5 Å². The molecule has 0 fully saturated rings. The minimum absolute atomic E-state index is 0.0106. The first kappa shape index (κ1) is 13.3. The fourth-order valence-electron chi connectivity index (χ4n) is 1.14. The van der Waals surface area contributed by atoms with Gasteiger partial charge in [-0.15, -0.1) is 18.3 Å². The highest BCUT2D eigenvalue weighted by atomic mass is 79.9. The zero-order valence-corrected chi connectivity index (χ0v) is 11.5. The standard InChI is InChI=1S/C12H14BrNOS/c1-3-6-16-8-12(15)14-11-5-4-9(2)7-10(11)13/h3-5,7H,1,6,8H2,2H3,(H,14,15). The van der Waals surface area contributed by atoms with Gasteiger partial charge in [-0.1, -0.05) is 12.1 Å². The van der Waals surface area contributed by atoms with Crippen molar-refractivity contribution in [1.82, 2.24) is 0 Å². The molecule has 1 amide bonds. The largest absolute Gasteiger partial charge is 0.324 e. The smallest absolute Gasteiger partial charge is 0.234 e. The lowest BCUT2D eigenvalue weighted by atomic mass is 10.2. The Labute approximate surface area is 109 Å². The highest BCUT2D eigenvalue weighted by molar-refractivity contribution is 9.10. The van der Waals surface area contributed by atoms with Gasteiger partial charge in [-0.3, -0.25) is 4.79 Å². The van der Waals surface area contributed by atoms with E-state index < -0.39 is 0 Å². The van der Waals surface area contributed by atoms with E-state index in [4.69, 9.17) is 0 Å². The summed E-state index contributed by atoms with van der Waals surface area (Å²) in [6, 6.07) is 5.85. The van der Waals surface area contributed by atoms with Crippen molar-refractivity contribution in [2.24, 2.45) is 0 Å². The average molecular weight is 300 g/mol. The molecule has 0 bridgehead atoms. The Bertz CT molecular complexity index is 393. The lowest BCUT2D eigenvalue weighted by molar-refractivity contribution is -0.113. The van der Waals surface area contributed by atoms with Crippen LogP contribution in [0.4, 0.5) is 5.69 Å². The van der Waals surface area contributed by atoms with Crippen LogP contribution in [0.1, 0.15) is 5.56 Å². The van der Waals surface area contributed by atoms with Gasteiger partial charge in [-0.2, -0.15) is 0 Å². The van der Waals surface area contributed by atoms with Gasteiger partial charge in [0, 0.05) is 10.2 Å². The second-order valence-corrected chi connectivity index (χ2v) is 5.22. The van der Waals surface area contributed by atoms with E-state index in [1.165, 1.54) is 0 Å². The van der Waals surface area contributed by atoms with Crippen molar-refractivity contribution in [3.8, 4) is 0 Å². The van der Waals surface area contributed by atoms with Crippen LogP contribution in [0, 0.1) is 6.92 Å². The minimum atomic E-state index is 0.0106. The molecule has 0 aliphatic heterocycles. The molecule has 0 aliphatic rings. The number of carbonyl (C=O) groups is 1. The van der Waals surface area contributed by atoms with Crippen LogP contribution in [-0.4, -0.2) is 17.4 Å². The Morgan fingerprint density at radius 2 is 2.38 bits per heavy atom.